The average Bonchev–Trinajstić information content (AvgIpc) is 2.75. The molecular formula is C20H18FN3O6. The van der Waals surface area contributed by atoms with Gasteiger partial charge in [-0.1, -0.05) is 6.07 Å². The minimum atomic E-state index is -1.22. The van der Waals surface area contributed by atoms with Crippen molar-refractivity contribution in [2.24, 2.45) is 0 Å². The number of benzene rings is 2. The second-order valence-corrected chi connectivity index (χ2v) is 5.89. The molecule has 0 aliphatic rings. The summed E-state index contributed by atoms with van der Waals surface area (Å²) < 4.78 is 24.5. The molecule has 30 heavy (non-hydrogen) atoms. The van der Waals surface area contributed by atoms with Crippen molar-refractivity contribution in [1.82, 2.24) is 5.48 Å². The largest absolute Gasteiger partial charge is 0.505 e. The van der Waals surface area contributed by atoms with Gasteiger partial charge in [-0.25, -0.2) is 14.7 Å². The minimum Gasteiger partial charge on any atom is -0.505 e. The van der Waals surface area contributed by atoms with Gasteiger partial charge >= 0.3 is 6.09 Å². The highest BCUT2D eigenvalue weighted by Crippen LogP contribution is 2.28. The number of phenolic OH excluding ortho intramolecular Hbond substituents is 1. The predicted octanol–water partition coefficient (Wildman–Crippen LogP) is 2.77. The molecule has 0 aromatic heterocycles. The van der Waals surface area contributed by atoms with Crippen LogP contribution in [0.4, 0.5) is 14.9 Å². The van der Waals surface area contributed by atoms with Crippen LogP contribution in [-0.4, -0.2) is 35.5 Å². The molecule has 0 spiro atoms. The number of carbonyl (C=O) groups is 2. The molecule has 4 N–H and O–H groups in total. The van der Waals surface area contributed by atoms with Crippen molar-refractivity contribution in [3.8, 4) is 11.8 Å². The summed E-state index contributed by atoms with van der Waals surface area (Å²) in [6.45, 7) is 0. The van der Waals surface area contributed by atoms with Crippen LogP contribution in [-0.2, 0) is 14.3 Å². The van der Waals surface area contributed by atoms with E-state index < -0.39 is 35.8 Å². The van der Waals surface area contributed by atoms with E-state index in [1.165, 1.54) is 49.0 Å². The topological polar surface area (TPSA) is 141 Å². The molecule has 0 unspecified atom stereocenters. The molecule has 2 aromatic rings. The number of hydrogen-bond donors (Lipinski definition) is 4. The molecule has 0 radical (unpaired) electrons. The maximum absolute atomic E-state index is 13.8. The van der Waals surface area contributed by atoms with Crippen LogP contribution in [0.15, 0.2) is 54.6 Å². The van der Waals surface area contributed by atoms with E-state index >= 15 is 0 Å². The maximum atomic E-state index is 13.8. The highest BCUT2D eigenvalue weighted by Gasteiger charge is 2.27. The first-order valence-electron chi connectivity index (χ1n) is 8.49. The van der Waals surface area contributed by atoms with Gasteiger partial charge in [-0.15, -0.1) is 0 Å². The predicted molar refractivity (Wildman–Crippen MR) is 102 cm³/mol. The molecule has 156 valence electrons. The zero-order valence-electron chi connectivity index (χ0n) is 15.7. The van der Waals surface area contributed by atoms with Crippen molar-refractivity contribution in [3.63, 3.8) is 0 Å². The number of ether oxygens (including phenoxy) is 2. The molecule has 0 fully saturated rings. The molecule has 0 heterocycles. The Hall–Kier alpha value is -3.94. The maximum Gasteiger partial charge on any atom is 0.412 e. The van der Waals surface area contributed by atoms with E-state index in [0.717, 1.165) is 18.2 Å². The van der Waals surface area contributed by atoms with Gasteiger partial charge in [0.25, 0.3) is 5.91 Å². The number of anilines is 1. The Balaban J connectivity index is 2.27. The summed E-state index contributed by atoms with van der Waals surface area (Å²) in [6, 6.07) is 11.3. The summed E-state index contributed by atoms with van der Waals surface area (Å²) in [4.78, 5) is 23.6. The van der Waals surface area contributed by atoms with Crippen molar-refractivity contribution in [2.75, 3.05) is 12.4 Å². The van der Waals surface area contributed by atoms with E-state index in [2.05, 4.69) is 5.32 Å². The van der Waals surface area contributed by atoms with Crippen LogP contribution in [0.5, 0.6) is 5.75 Å². The molecule has 0 saturated carbocycles. The Labute approximate surface area is 170 Å². The molecule has 2 rings (SSSR count). The molecule has 9 nitrogen and oxygen atoms in total. The number of nitrogens with one attached hydrogen (secondary N) is 2. The van der Waals surface area contributed by atoms with E-state index in [4.69, 9.17) is 19.9 Å². The van der Waals surface area contributed by atoms with E-state index in [1.807, 2.05) is 6.07 Å². The van der Waals surface area contributed by atoms with Gasteiger partial charge in [0, 0.05) is 18.9 Å². The summed E-state index contributed by atoms with van der Waals surface area (Å²) >= 11 is 0. The number of halogens is 1. The number of methoxy groups -OCH3 is 1. The van der Waals surface area contributed by atoms with Crippen LogP contribution in [0.25, 0.3) is 0 Å². The number of aromatic hydroxyl groups is 1. The Kier molecular flexibility index (Phi) is 7.87. The number of hydroxylamine groups is 1. The zero-order valence-corrected chi connectivity index (χ0v) is 15.7. The molecule has 0 aliphatic heterocycles. The van der Waals surface area contributed by atoms with Crippen molar-refractivity contribution >= 4 is 17.7 Å². The fraction of sp³-hybridized carbons (Fsp3) is 0.150. The fourth-order valence-corrected chi connectivity index (χ4v) is 2.44. The third-order valence-electron chi connectivity index (χ3n) is 3.91. The van der Waals surface area contributed by atoms with Gasteiger partial charge in [-0.3, -0.25) is 15.3 Å². The van der Waals surface area contributed by atoms with Gasteiger partial charge in [0.1, 0.15) is 6.10 Å². The van der Waals surface area contributed by atoms with Crippen LogP contribution in [0.1, 0.15) is 17.2 Å². The standard InChI is InChI=1S/C20H18FN3O6/c1-29-17(8-9-18(26)24-28)19(13-4-7-16(25)15(21)10-13)30-20(27)23-14-5-2-12(11-22)3-6-14/h2-10,17,19,25,28H,1H3,(H,23,27)(H,24,26)/b9-8+/t17-,19-/m0/s1. The molecule has 0 aliphatic carbocycles. The Bertz CT molecular complexity index is 971. The first-order valence-corrected chi connectivity index (χ1v) is 8.49. The third-order valence-corrected chi connectivity index (χ3v) is 3.91. The average molecular weight is 415 g/mol. The van der Waals surface area contributed by atoms with Gasteiger partial charge in [-0.05, 0) is 48.0 Å². The van der Waals surface area contributed by atoms with Gasteiger partial charge in [0.15, 0.2) is 17.7 Å². The highest BCUT2D eigenvalue weighted by molar-refractivity contribution is 5.86. The van der Waals surface area contributed by atoms with E-state index in [9.17, 15) is 19.1 Å². The van der Waals surface area contributed by atoms with Crippen LogP contribution < -0.4 is 10.8 Å². The van der Waals surface area contributed by atoms with E-state index in [0.29, 0.717) is 11.3 Å². The fourth-order valence-electron chi connectivity index (χ4n) is 2.44. The number of amides is 2. The number of nitriles is 1. The summed E-state index contributed by atoms with van der Waals surface area (Å²) in [6.07, 6.45) is -1.03. The zero-order chi connectivity index (χ0) is 22.1. The van der Waals surface area contributed by atoms with E-state index in [1.54, 1.807) is 0 Å². The van der Waals surface area contributed by atoms with E-state index in [-0.39, 0.29) is 5.56 Å². The third kappa shape index (κ3) is 6.03. The van der Waals surface area contributed by atoms with Crippen LogP contribution >= 0.6 is 0 Å². The lowest BCUT2D eigenvalue weighted by Gasteiger charge is -2.24. The summed E-state index contributed by atoms with van der Waals surface area (Å²) in [7, 11) is 1.28. The smallest absolute Gasteiger partial charge is 0.412 e. The first-order chi connectivity index (χ1) is 14.4. The lowest BCUT2D eigenvalue weighted by atomic mass is 10.0. The molecule has 10 heteroatoms. The van der Waals surface area contributed by atoms with Crippen LogP contribution in [0.3, 0.4) is 0 Å². The second kappa shape index (κ2) is 10.6. The van der Waals surface area contributed by atoms with Gasteiger partial charge in [0.05, 0.1) is 11.6 Å². The summed E-state index contributed by atoms with van der Waals surface area (Å²) in [5, 5.41) is 29.3. The minimum absolute atomic E-state index is 0.140. The molecule has 2 atom stereocenters. The van der Waals surface area contributed by atoms with Crippen molar-refractivity contribution in [2.45, 2.75) is 12.2 Å². The van der Waals surface area contributed by atoms with Crippen LogP contribution in [0, 0.1) is 17.1 Å². The van der Waals surface area contributed by atoms with Gasteiger partial charge in [-0.2, -0.15) is 5.26 Å². The van der Waals surface area contributed by atoms with Gasteiger partial charge < -0.3 is 14.6 Å². The molecule has 2 aromatic carbocycles. The monoisotopic (exact) mass is 415 g/mol. The lowest BCUT2D eigenvalue weighted by molar-refractivity contribution is -0.124. The molecule has 2 amide bonds. The number of carbonyl (C=O) groups excluding carboxylic acids is 2. The van der Waals surface area contributed by atoms with Crippen molar-refractivity contribution < 1.29 is 33.8 Å². The molecule has 0 bridgehead atoms. The first kappa shape index (κ1) is 22.4. The molecule has 0 saturated heterocycles. The number of rotatable bonds is 7. The summed E-state index contributed by atoms with van der Waals surface area (Å²) in [5.41, 5.74) is 2.29. The number of phenols is 1. The Morgan fingerprint density at radius 2 is 1.93 bits per heavy atom. The Morgan fingerprint density at radius 3 is 2.50 bits per heavy atom. The normalized spacial score (nSPS) is 12.6. The quantitative estimate of drug-likeness (QED) is 0.310. The Morgan fingerprint density at radius 1 is 1.23 bits per heavy atom. The van der Waals surface area contributed by atoms with Crippen molar-refractivity contribution in [3.05, 3.63) is 71.6 Å². The van der Waals surface area contributed by atoms with Crippen LogP contribution in [0.2, 0.25) is 0 Å². The molecular weight excluding hydrogens is 397 g/mol. The summed E-state index contributed by atoms with van der Waals surface area (Å²) in [5.74, 6) is -2.39. The number of nitrogens with zero attached hydrogens (tertiary/aromatic N) is 1. The second-order valence-electron chi connectivity index (χ2n) is 5.89. The number of hydrogen-bond acceptors (Lipinski definition) is 7. The SMILES string of the molecule is CO[C@@H](/C=C/C(=O)NO)[C@@H](OC(=O)Nc1ccc(C#N)cc1)c1ccc(O)c(F)c1. The lowest BCUT2D eigenvalue weighted by Crippen LogP contribution is -2.27. The highest BCUT2D eigenvalue weighted by atomic mass is 19.1. The van der Waals surface area contributed by atoms with Gasteiger partial charge in [0.2, 0.25) is 0 Å². The van der Waals surface area contributed by atoms with Crippen molar-refractivity contribution in [1.29, 1.82) is 5.26 Å².